The number of nitrogens with zero attached hydrogens (tertiary/aromatic N) is 2. The first-order chi connectivity index (χ1) is 8.81. The molecule has 1 saturated heterocycles. The van der Waals surface area contributed by atoms with E-state index in [4.69, 9.17) is 0 Å². The van der Waals surface area contributed by atoms with E-state index in [0.717, 1.165) is 38.2 Å². The highest BCUT2D eigenvalue weighted by Gasteiger charge is 2.25. The van der Waals surface area contributed by atoms with Crippen molar-refractivity contribution in [2.45, 2.75) is 26.3 Å². The van der Waals surface area contributed by atoms with Gasteiger partial charge in [0.05, 0.1) is 18.2 Å². The molecular formula is C14H23Cl2N3O. The highest BCUT2D eigenvalue weighted by molar-refractivity contribution is 5.85. The molecule has 1 fully saturated rings. The van der Waals surface area contributed by atoms with Gasteiger partial charge >= 0.3 is 0 Å². The lowest BCUT2D eigenvalue weighted by Crippen LogP contribution is -2.42. The van der Waals surface area contributed by atoms with Crippen LogP contribution in [0.3, 0.4) is 0 Å². The summed E-state index contributed by atoms with van der Waals surface area (Å²) in [6, 6.07) is 5.82. The van der Waals surface area contributed by atoms with Gasteiger partial charge in [0.1, 0.15) is 0 Å². The van der Waals surface area contributed by atoms with Crippen LogP contribution in [0.15, 0.2) is 24.4 Å². The quantitative estimate of drug-likeness (QED) is 0.926. The second-order valence-corrected chi connectivity index (χ2v) is 4.72. The number of halogens is 2. The fourth-order valence-corrected chi connectivity index (χ4v) is 2.35. The number of rotatable bonds is 4. The zero-order valence-corrected chi connectivity index (χ0v) is 13.4. The maximum absolute atomic E-state index is 12.4. The molecule has 1 N–H and O–H groups in total. The van der Waals surface area contributed by atoms with Gasteiger partial charge in [0.25, 0.3) is 0 Å². The van der Waals surface area contributed by atoms with Gasteiger partial charge in [0.15, 0.2) is 0 Å². The number of amides is 1. The van der Waals surface area contributed by atoms with Gasteiger partial charge in [0.2, 0.25) is 5.91 Å². The lowest BCUT2D eigenvalue weighted by atomic mass is 9.98. The number of piperidine rings is 1. The molecule has 0 aliphatic carbocycles. The van der Waals surface area contributed by atoms with Crippen LogP contribution in [0.25, 0.3) is 0 Å². The third-order valence-electron chi connectivity index (χ3n) is 3.42. The maximum atomic E-state index is 12.4. The molecule has 0 aromatic carbocycles. The Bertz CT molecular complexity index is 383. The summed E-state index contributed by atoms with van der Waals surface area (Å²) in [5, 5.41) is 3.30. The standard InChI is InChI=1S/C14H21N3O.2ClH/c1-2-17(11-13-7-3-4-9-16-13)14(18)12-6-5-8-15-10-12;;/h3-4,7,9,12,15H,2,5-6,8,10-11H2,1H3;2*1H. The van der Waals surface area contributed by atoms with E-state index >= 15 is 0 Å². The summed E-state index contributed by atoms with van der Waals surface area (Å²) in [7, 11) is 0. The maximum Gasteiger partial charge on any atom is 0.227 e. The number of hydrogen-bond acceptors (Lipinski definition) is 3. The largest absolute Gasteiger partial charge is 0.337 e. The van der Waals surface area contributed by atoms with Crippen molar-refractivity contribution in [1.82, 2.24) is 15.2 Å². The van der Waals surface area contributed by atoms with Crippen molar-refractivity contribution >= 4 is 30.7 Å². The van der Waals surface area contributed by atoms with Crippen molar-refractivity contribution in [2.24, 2.45) is 5.92 Å². The fraction of sp³-hybridized carbons (Fsp3) is 0.571. The summed E-state index contributed by atoms with van der Waals surface area (Å²) < 4.78 is 0. The Morgan fingerprint density at radius 3 is 2.80 bits per heavy atom. The monoisotopic (exact) mass is 319 g/mol. The Labute approximate surface area is 133 Å². The molecular weight excluding hydrogens is 297 g/mol. The number of aromatic nitrogens is 1. The molecule has 1 aliphatic rings. The van der Waals surface area contributed by atoms with Crippen LogP contribution in [0.4, 0.5) is 0 Å². The van der Waals surface area contributed by atoms with Crippen LogP contribution >= 0.6 is 24.8 Å². The van der Waals surface area contributed by atoms with Gasteiger partial charge in [-0.25, -0.2) is 0 Å². The van der Waals surface area contributed by atoms with Crippen LogP contribution < -0.4 is 5.32 Å². The minimum Gasteiger partial charge on any atom is -0.337 e. The summed E-state index contributed by atoms with van der Waals surface area (Å²) in [6.07, 6.45) is 3.87. The van der Waals surface area contributed by atoms with Crippen molar-refractivity contribution < 1.29 is 4.79 Å². The first-order valence-corrected chi connectivity index (χ1v) is 6.70. The van der Waals surface area contributed by atoms with Crippen LogP contribution in [-0.2, 0) is 11.3 Å². The summed E-state index contributed by atoms with van der Waals surface area (Å²) in [4.78, 5) is 18.6. The highest BCUT2D eigenvalue weighted by atomic mass is 35.5. The van der Waals surface area contributed by atoms with E-state index in [9.17, 15) is 4.79 Å². The molecule has 1 atom stereocenters. The molecule has 1 amide bonds. The average molecular weight is 320 g/mol. The lowest BCUT2D eigenvalue weighted by molar-refractivity contribution is -0.136. The normalized spacial score (nSPS) is 17.6. The van der Waals surface area contributed by atoms with E-state index in [0.29, 0.717) is 6.54 Å². The Morgan fingerprint density at radius 1 is 1.45 bits per heavy atom. The van der Waals surface area contributed by atoms with Gasteiger partial charge in [-0.15, -0.1) is 24.8 Å². The summed E-state index contributed by atoms with van der Waals surface area (Å²) in [5.41, 5.74) is 0.955. The van der Waals surface area contributed by atoms with Crippen molar-refractivity contribution in [3.8, 4) is 0 Å². The third kappa shape index (κ3) is 5.27. The number of nitrogens with one attached hydrogen (secondary N) is 1. The molecule has 2 rings (SSSR count). The Morgan fingerprint density at radius 2 is 2.25 bits per heavy atom. The molecule has 1 unspecified atom stereocenters. The Balaban J connectivity index is 0.00000180. The van der Waals surface area contributed by atoms with Gasteiger partial charge in [-0.1, -0.05) is 6.07 Å². The van der Waals surface area contributed by atoms with E-state index < -0.39 is 0 Å². The van der Waals surface area contributed by atoms with Crippen molar-refractivity contribution in [2.75, 3.05) is 19.6 Å². The molecule has 20 heavy (non-hydrogen) atoms. The first kappa shape index (κ1) is 19.2. The van der Waals surface area contributed by atoms with Gasteiger partial charge < -0.3 is 10.2 Å². The molecule has 1 aliphatic heterocycles. The molecule has 0 spiro atoms. The minimum absolute atomic E-state index is 0. The van der Waals surface area contributed by atoms with E-state index in [2.05, 4.69) is 10.3 Å². The first-order valence-electron chi connectivity index (χ1n) is 6.70. The van der Waals surface area contributed by atoms with Gasteiger partial charge in [-0.2, -0.15) is 0 Å². The average Bonchev–Trinajstić information content (AvgIpc) is 2.46. The second kappa shape index (κ2) is 9.97. The van der Waals surface area contributed by atoms with Crippen molar-refractivity contribution in [3.05, 3.63) is 30.1 Å². The fourth-order valence-electron chi connectivity index (χ4n) is 2.35. The molecule has 6 heteroatoms. The summed E-state index contributed by atoms with van der Waals surface area (Å²) in [6.45, 7) is 5.24. The van der Waals surface area contributed by atoms with Crippen molar-refractivity contribution in [3.63, 3.8) is 0 Å². The molecule has 114 valence electrons. The smallest absolute Gasteiger partial charge is 0.227 e. The molecule has 0 saturated carbocycles. The van der Waals surface area contributed by atoms with Crippen LogP contribution in [-0.4, -0.2) is 35.4 Å². The topological polar surface area (TPSA) is 45.2 Å². The molecule has 0 radical (unpaired) electrons. The number of carbonyl (C=O) groups is 1. The van der Waals surface area contributed by atoms with Crippen LogP contribution in [0.2, 0.25) is 0 Å². The van der Waals surface area contributed by atoms with Gasteiger partial charge in [0, 0.05) is 19.3 Å². The lowest BCUT2D eigenvalue weighted by Gasteiger charge is -2.28. The van der Waals surface area contributed by atoms with Crippen molar-refractivity contribution in [1.29, 1.82) is 0 Å². The van der Waals surface area contributed by atoms with E-state index in [1.807, 2.05) is 30.0 Å². The number of carbonyl (C=O) groups excluding carboxylic acids is 1. The molecule has 1 aromatic rings. The van der Waals surface area contributed by atoms with Crippen LogP contribution in [0.5, 0.6) is 0 Å². The zero-order chi connectivity index (χ0) is 12.8. The van der Waals surface area contributed by atoms with E-state index in [1.165, 1.54) is 0 Å². The Hall–Kier alpha value is -0.840. The predicted octanol–water partition coefficient (Wildman–Crippen LogP) is 2.27. The number of pyridine rings is 1. The SMILES string of the molecule is CCN(Cc1ccccn1)C(=O)C1CCCNC1.Cl.Cl. The number of hydrogen-bond donors (Lipinski definition) is 1. The van der Waals surface area contributed by atoms with E-state index in [1.54, 1.807) is 6.20 Å². The Kier molecular flexibility index (Phi) is 9.55. The predicted molar refractivity (Wildman–Crippen MR) is 85.4 cm³/mol. The summed E-state index contributed by atoms with van der Waals surface area (Å²) >= 11 is 0. The van der Waals surface area contributed by atoms with Crippen LogP contribution in [0, 0.1) is 5.92 Å². The van der Waals surface area contributed by atoms with Gasteiger partial charge in [-0.3, -0.25) is 9.78 Å². The highest BCUT2D eigenvalue weighted by Crippen LogP contribution is 2.14. The molecule has 0 bridgehead atoms. The minimum atomic E-state index is 0. The van der Waals surface area contributed by atoms with Gasteiger partial charge in [-0.05, 0) is 38.4 Å². The molecule has 2 heterocycles. The van der Waals surface area contributed by atoms with Crippen LogP contribution in [0.1, 0.15) is 25.5 Å². The zero-order valence-electron chi connectivity index (χ0n) is 11.7. The van der Waals surface area contributed by atoms with E-state index in [-0.39, 0.29) is 36.6 Å². The third-order valence-corrected chi connectivity index (χ3v) is 3.42. The molecule has 4 nitrogen and oxygen atoms in total. The second-order valence-electron chi connectivity index (χ2n) is 4.72. The summed E-state index contributed by atoms with van der Waals surface area (Å²) in [5.74, 6) is 0.401. The molecule has 1 aromatic heterocycles.